The van der Waals surface area contributed by atoms with E-state index in [1.165, 1.54) is 11.8 Å². The summed E-state index contributed by atoms with van der Waals surface area (Å²) in [7, 11) is 0. The molecule has 2 N–H and O–H groups in total. The lowest BCUT2D eigenvalue weighted by atomic mass is 10.3. The Labute approximate surface area is 116 Å². The summed E-state index contributed by atoms with van der Waals surface area (Å²) < 4.78 is 0. The van der Waals surface area contributed by atoms with Crippen molar-refractivity contribution in [3.05, 3.63) is 39.8 Å². The minimum Gasteiger partial charge on any atom is -0.379 e. The fourth-order valence-electron chi connectivity index (χ4n) is 1.67. The molecule has 0 saturated heterocycles. The van der Waals surface area contributed by atoms with Crippen LogP contribution in [0.5, 0.6) is 0 Å². The average molecular weight is 275 g/mol. The number of carbonyl (C=O) groups excluding carboxylic acids is 1. The lowest BCUT2D eigenvalue weighted by molar-refractivity contribution is -0.114. The number of carbonyl (C=O) groups is 1. The van der Waals surface area contributed by atoms with E-state index in [-0.39, 0.29) is 5.91 Å². The van der Waals surface area contributed by atoms with E-state index in [1.54, 1.807) is 11.3 Å². The van der Waals surface area contributed by atoms with Crippen LogP contribution < -0.4 is 10.6 Å². The second-order valence-electron chi connectivity index (χ2n) is 4.36. The number of nitrogens with one attached hydrogen (secondary N) is 2. The van der Waals surface area contributed by atoms with Gasteiger partial charge in [0.1, 0.15) is 5.01 Å². The van der Waals surface area contributed by atoms with Crippen molar-refractivity contribution in [1.29, 1.82) is 0 Å². The number of thiazole rings is 1. The molecule has 0 aliphatic rings. The molecule has 0 atom stereocenters. The van der Waals surface area contributed by atoms with Crippen LogP contribution in [0, 0.1) is 13.8 Å². The fourth-order valence-corrected chi connectivity index (χ4v) is 2.54. The zero-order valence-electron chi connectivity index (χ0n) is 11.3. The Balaban J connectivity index is 1.94. The summed E-state index contributed by atoms with van der Waals surface area (Å²) in [6.07, 6.45) is 0. The predicted molar refractivity (Wildman–Crippen MR) is 79.7 cm³/mol. The third-order valence-electron chi connectivity index (χ3n) is 2.72. The van der Waals surface area contributed by atoms with Gasteiger partial charge in [-0.1, -0.05) is 0 Å². The summed E-state index contributed by atoms with van der Waals surface area (Å²) in [5.74, 6) is -0.0607. The molecule has 1 aromatic carbocycles. The van der Waals surface area contributed by atoms with Gasteiger partial charge in [0.05, 0.1) is 12.2 Å². The minimum atomic E-state index is -0.0607. The molecule has 2 aromatic rings. The van der Waals surface area contributed by atoms with Crippen molar-refractivity contribution in [1.82, 2.24) is 4.98 Å². The maximum atomic E-state index is 10.9. The zero-order chi connectivity index (χ0) is 13.8. The van der Waals surface area contributed by atoms with E-state index in [1.807, 2.05) is 31.2 Å². The molecule has 4 nitrogen and oxygen atoms in total. The van der Waals surface area contributed by atoms with Crippen LogP contribution in [0.1, 0.15) is 22.5 Å². The fraction of sp³-hybridized carbons (Fsp3) is 0.286. The van der Waals surface area contributed by atoms with Gasteiger partial charge in [0, 0.05) is 23.2 Å². The molecule has 0 aliphatic heterocycles. The van der Waals surface area contributed by atoms with Crippen LogP contribution in [0.15, 0.2) is 24.3 Å². The van der Waals surface area contributed by atoms with Crippen molar-refractivity contribution in [3.63, 3.8) is 0 Å². The number of aromatic nitrogens is 1. The summed E-state index contributed by atoms with van der Waals surface area (Å²) >= 11 is 1.71. The molecular weight excluding hydrogens is 258 g/mol. The van der Waals surface area contributed by atoms with Crippen molar-refractivity contribution < 1.29 is 4.79 Å². The number of anilines is 2. The molecule has 5 heteroatoms. The summed E-state index contributed by atoms with van der Waals surface area (Å²) in [4.78, 5) is 16.7. The first-order valence-corrected chi connectivity index (χ1v) is 6.90. The zero-order valence-corrected chi connectivity index (χ0v) is 12.1. The molecule has 1 heterocycles. The first kappa shape index (κ1) is 13.5. The van der Waals surface area contributed by atoms with Gasteiger partial charge in [0.25, 0.3) is 0 Å². The summed E-state index contributed by atoms with van der Waals surface area (Å²) in [5, 5.41) is 7.14. The Morgan fingerprint density at radius 2 is 1.84 bits per heavy atom. The molecule has 0 aliphatic carbocycles. The van der Waals surface area contributed by atoms with Crippen LogP contribution in [0.3, 0.4) is 0 Å². The van der Waals surface area contributed by atoms with Gasteiger partial charge in [-0.25, -0.2) is 4.98 Å². The molecule has 1 aromatic heterocycles. The highest BCUT2D eigenvalue weighted by Gasteiger charge is 2.03. The molecule has 2 rings (SSSR count). The van der Waals surface area contributed by atoms with E-state index in [2.05, 4.69) is 22.5 Å². The van der Waals surface area contributed by atoms with Crippen LogP contribution in [0.4, 0.5) is 11.4 Å². The van der Waals surface area contributed by atoms with E-state index in [0.29, 0.717) is 0 Å². The maximum Gasteiger partial charge on any atom is 0.221 e. The summed E-state index contributed by atoms with van der Waals surface area (Å²) in [5.41, 5.74) is 2.92. The topological polar surface area (TPSA) is 54.0 Å². The van der Waals surface area contributed by atoms with Gasteiger partial charge in [-0.3, -0.25) is 4.79 Å². The van der Waals surface area contributed by atoms with Crippen LogP contribution >= 0.6 is 11.3 Å². The number of rotatable bonds is 4. The average Bonchev–Trinajstić information content (AvgIpc) is 2.67. The predicted octanol–water partition coefficient (Wildman–Crippen LogP) is 3.33. The van der Waals surface area contributed by atoms with Crippen molar-refractivity contribution >= 4 is 28.6 Å². The molecule has 0 bridgehead atoms. The molecule has 1 amide bonds. The number of hydrogen-bond acceptors (Lipinski definition) is 4. The second-order valence-corrected chi connectivity index (χ2v) is 5.65. The van der Waals surface area contributed by atoms with Gasteiger partial charge < -0.3 is 10.6 Å². The Bertz CT molecular complexity index is 555. The molecular formula is C14H17N3OS. The summed E-state index contributed by atoms with van der Waals surface area (Å²) in [6.45, 7) is 6.33. The molecule has 0 saturated carbocycles. The molecule has 100 valence electrons. The van der Waals surface area contributed by atoms with E-state index in [4.69, 9.17) is 0 Å². The Hall–Kier alpha value is -1.88. The van der Waals surface area contributed by atoms with Crippen molar-refractivity contribution in [2.45, 2.75) is 27.3 Å². The molecule has 0 unspecified atom stereocenters. The molecule has 0 radical (unpaired) electrons. The molecule has 0 fully saturated rings. The maximum absolute atomic E-state index is 10.9. The van der Waals surface area contributed by atoms with E-state index >= 15 is 0 Å². The molecule has 19 heavy (non-hydrogen) atoms. The van der Waals surface area contributed by atoms with Crippen LogP contribution in [0.2, 0.25) is 0 Å². The largest absolute Gasteiger partial charge is 0.379 e. The van der Waals surface area contributed by atoms with Gasteiger partial charge in [-0.15, -0.1) is 11.3 Å². The Morgan fingerprint density at radius 1 is 1.21 bits per heavy atom. The minimum absolute atomic E-state index is 0.0607. The van der Waals surface area contributed by atoms with Crippen molar-refractivity contribution in [2.24, 2.45) is 0 Å². The molecule has 0 spiro atoms. The highest BCUT2D eigenvalue weighted by molar-refractivity contribution is 7.11. The standard InChI is InChI=1S/C14H17N3OS/c1-9-10(2)19-14(16-9)8-15-12-4-6-13(7-5-12)17-11(3)18/h4-7,15H,8H2,1-3H3,(H,17,18). The number of hydrogen-bond donors (Lipinski definition) is 2. The van der Waals surface area contributed by atoms with E-state index in [0.717, 1.165) is 28.6 Å². The SMILES string of the molecule is CC(=O)Nc1ccc(NCc2nc(C)c(C)s2)cc1. The van der Waals surface area contributed by atoms with Gasteiger partial charge in [0.15, 0.2) is 0 Å². The third kappa shape index (κ3) is 3.79. The number of aryl methyl sites for hydroxylation is 2. The van der Waals surface area contributed by atoms with Gasteiger partial charge in [0.2, 0.25) is 5.91 Å². The van der Waals surface area contributed by atoms with Crippen LogP contribution in [0.25, 0.3) is 0 Å². The number of amides is 1. The monoisotopic (exact) mass is 275 g/mol. The highest BCUT2D eigenvalue weighted by Crippen LogP contribution is 2.19. The number of nitrogens with zero attached hydrogens (tertiary/aromatic N) is 1. The Kier molecular flexibility index (Phi) is 4.16. The lowest BCUT2D eigenvalue weighted by Gasteiger charge is -2.06. The van der Waals surface area contributed by atoms with Gasteiger partial charge >= 0.3 is 0 Å². The quantitative estimate of drug-likeness (QED) is 0.900. The first-order valence-electron chi connectivity index (χ1n) is 6.09. The van der Waals surface area contributed by atoms with Crippen molar-refractivity contribution in [3.8, 4) is 0 Å². The Morgan fingerprint density at radius 3 is 2.37 bits per heavy atom. The van der Waals surface area contributed by atoms with E-state index < -0.39 is 0 Å². The van der Waals surface area contributed by atoms with Crippen molar-refractivity contribution in [2.75, 3.05) is 10.6 Å². The lowest BCUT2D eigenvalue weighted by Crippen LogP contribution is -2.05. The number of benzene rings is 1. The van der Waals surface area contributed by atoms with E-state index in [9.17, 15) is 4.79 Å². The van der Waals surface area contributed by atoms with Gasteiger partial charge in [-0.05, 0) is 38.1 Å². The first-order chi connectivity index (χ1) is 9.04. The van der Waals surface area contributed by atoms with Crippen LogP contribution in [-0.4, -0.2) is 10.9 Å². The smallest absolute Gasteiger partial charge is 0.221 e. The highest BCUT2D eigenvalue weighted by atomic mass is 32.1. The summed E-state index contributed by atoms with van der Waals surface area (Å²) in [6, 6.07) is 7.64. The third-order valence-corrected chi connectivity index (χ3v) is 3.79. The van der Waals surface area contributed by atoms with Crippen LogP contribution in [-0.2, 0) is 11.3 Å². The second kappa shape index (κ2) is 5.84. The van der Waals surface area contributed by atoms with Gasteiger partial charge in [-0.2, -0.15) is 0 Å². The normalized spacial score (nSPS) is 10.3.